The van der Waals surface area contributed by atoms with Gasteiger partial charge in [-0.25, -0.2) is 0 Å². The van der Waals surface area contributed by atoms with E-state index in [1.54, 1.807) is 0 Å². The largest absolute Gasteiger partial charge is 0.396 e. The molecule has 0 atom stereocenters. The molecule has 2 heteroatoms. The van der Waals surface area contributed by atoms with Crippen LogP contribution in [0.15, 0.2) is 24.3 Å². The maximum Gasteiger partial charge on any atom is 0.0586 e. The Labute approximate surface area is 84.5 Å². The number of hydrogen-bond acceptors (Lipinski definition) is 2. The van der Waals surface area contributed by atoms with Crippen LogP contribution in [0.5, 0.6) is 0 Å². The van der Waals surface area contributed by atoms with Crippen molar-refractivity contribution in [3.05, 3.63) is 35.4 Å². The van der Waals surface area contributed by atoms with E-state index in [1.807, 2.05) is 0 Å². The Morgan fingerprint density at radius 2 is 1.93 bits per heavy atom. The first-order chi connectivity index (χ1) is 6.77. The highest BCUT2D eigenvalue weighted by atomic mass is 16.5. The molecule has 0 unspecified atom stereocenters. The van der Waals surface area contributed by atoms with E-state index in [0.29, 0.717) is 0 Å². The van der Waals surface area contributed by atoms with Gasteiger partial charge in [0.05, 0.1) is 13.2 Å². The van der Waals surface area contributed by atoms with E-state index >= 15 is 0 Å². The predicted molar refractivity (Wildman–Crippen MR) is 55.4 cm³/mol. The summed E-state index contributed by atoms with van der Waals surface area (Å²) in [5, 5.41) is 9.03. The highest BCUT2D eigenvalue weighted by molar-refractivity contribution is 5.30. The van der Waals surface area contributed by atoms with E-state index in [4.69, 9.17) is 9.84 Å². The third-order valence-corrected chi connectivity index (χ3v) is 3.01. The lowest BCUT2D eigenvalue weighted by Gasteiger charge is -2.41. The van der Waals surface area contributed by atoms with Crippen molar-refractivity contribution in [1.29, 1.82) is 0 Å². The summed E-state index contributed by atoms with van der Waals surface area (Å²) in [5.41, 5.74) is 2.65. The van der Waals surface area contributed by atoms with Crippen LogP contribution in [0.25, 0.3) is 0 Å². The minimum atomic E-state index is 0.0858. The first-order valence-corrected chi connectivity index (χ1v) is 5.03. The van der Waals surface area contributed by atoms with Gasteiger partial charge in [-0.15, -0.1) is 0 Å². The van der Waals surface area contributed by atoms with Crippen LogP contribution < -0.4 is 0 Å². The van der Waals surface area contributed by atoms with Gasteiger partial charge in [0.15, 0.2) is 0 Å². The monoisotopic (exact) mass is 192 g/mol. The van der Waals surface area contributed by atoms with Crippen LogP contribution in [0.1, 0.15) is 17.5 Å². The lowest BCUT2D eigenvalue weighted by Crippen LogP contribution is -2.47. The summed E-state index contributed by atoms with van der Waals surface area (Å²) in [6, 6.07) is 8.53. The molecule has 1 heterocycles. The van der Waals surface area contributed by atoms with Gasteiger partial charge in [0.25, 0.3) is 0 Å². The van der Waals surface area contributed by atoms with E-state index in [2.05, 4.69) is 31.2 Å². The molecule has 1 aromatic rings. The van der Waals surface area contributed by atoms with Gasteiger partial charge < -0.3 is 9.84 Å². The van der Waals surface area contributed by atoms with Gasteiger partial charge in [0, 0.05) is 12.0 Å². The van der Waals surface area contributed by atoms with Gasteiger partial charge in [-0.2, -0.15) is 0 Å². The fourth-order valence-corrected chi connectivity index (χ4v) is 1.92. The molecule has 1 aliphatic heterocycles. The van der Waals surface area contributed by atoms with Crippen molar-refractivity contribution in [3.63, 3.8) is 0 Å². The van der Waals surface area contributed by atoms with E-state index in [1.165, 1.54) is 11.1 Å². The van der Waals surface area contributed by atoms with E-state index < -0.39 is 0 Å². The number of aryl methyl sites for hydroxylation is 1. The Bertz CT molecular complexity index is 299. The van der Waals surface area contributed by atoms with Gasteiger partial charge in [-0.05, 0) is 18.9 Å². The van der Waals surface area contributed by atoms with Crippen LogP contribution >= 0.6 is 0 Å². The molecule has 2 rings (SSSR count). The van der Waals surface area contributed by atoms with Crippen molar-refractivity contribution in [2.45, 2.75) is 18.8 Å². The van der Waals surface area contributed by atoms with Crippen molar-refractivity contribution in [2.24, 2.45) is 0 Å². The number of aliphatic hydroxyl groups excluding tert-OH is 1. The zero-order valence-electron chi connectivity index (χ0n) is 8.49. The smallest absolute Gasteiger partial charge is 0.0586 e. The van der Waals surface area contributed by atoms with E-state index in [0.717, 1.165) is 19.6 Å². The maximum absolute atomic E-state index is 9.03. The second kappa shape index (κ2) is 3.71. The fourth-order valence-electron chi connectivity index (χ4n) is 1.92. The highest BCUT2D eigenvalue weighted by Gasteiger charge is 2.39. The van der Waals surface area contributed by atoms with Crippen LogP contribution in [0, 0.1) is 6.92 Å². The second-order valence-electron chi connectivity index (χ2n) is 4.11. The molecule has 1 fully saturated rings. The van der Waals surface area contributed by atoms with Gasteiger partial charge in [0.1, 0.15) is 0 Å². The summed E-state index contributed by atoms with van der Waals surface area (Å²) >= 11 is 0. The molecule has 1 saturated heterocycles. The molecular formula is C12H16O2. The molecule has 1 N–H and O–H groups in total. The Morgan fingerprint density at radius 3 is 2.36 bits per heavy atom. The third-order valence-electron chi connectivity index (χ3n) is 3.01. The summed E-state index contributed by atoms with van der Waals surface area (Å²) in [6.45, 7) is 3.81. The zero-order valence-corrected chi connectivity index (χ0v) is 8.49. The highest BCUT2D eigenvalue weighted by Crippen LogP contribution is 2.35. The van der Waals surface area contributed by atoms with Gasteiger partial charge in [-0.3, -0.25) is 0 Å². The number of aliphatic hydroxyl groups is 1. The normalized spacial score (nSPS) is 19.0. The Balaban J connectivity index is 2.23. The van der Waals surface area contributed by atoms with Crippen molar-refractivity contribution < 1.29 is 9.84 Å². The molecule has 14 heavy (non-hydrogen) atoms. The van der Waals surface area contributed by atoms with Gasteiger partial charge in [-0.1, -0.05) is 29.8 Å². The molecule has 1 aromatic carbocycles. The maximum atomic E-state index is 9.03. The SMILES string of the molecule is Cc1ccc(C2(CCO)COC2)cc1. The summed E-state index contributed by atoms with van der Waals surface area (Å²) in [7, 11) is 0. The summed E-state index contributed by atoms with van der Waals surface area (Å²) < 4.78 is 5.26. The average molecular weight is 192 g/mol. The van der Waals surface area contributed by atoms with Crippen LogP contribution in [-0.2, 0) is 10.2 Å². The Hall–Kier alpha value is -0.860. The lowest BCUT2D eigenvalue weighted by molar-refractivity contribution is -0.0700. The Kier molecular flexibility index (Phi) is 2.57. The molecular weight excluding hydrogens is 176 g/mol. The van der Waals surface area contributed by atoms with Crippen molar-refractivity contribution in [1.82, 2.24) is 0 Å². The summed E-state index contributed by atoms with van der Waals surface area (Å²) in [6.07, 6.45) is 0.802. The summed E-state index contributed by atoms with van der Waals surface area (Å²) in [5.74, 6) is 0. The van der Waals surface area contributed by atoms with E-state index in [9.17, 15) is 0 Å². The minimum absolute atomic E-state index is 0.0858. The molecule has 0 spiro atoms. The Morgan fingerprint density at radius 1 is 1.29 bits per heavy atom. The number of hydrogen-bond donors (Lipinski definition) is 1. The van der Waals surface area contributed by atoms with Crippen molar-refractivity contribution in [2.75, 3.05) is 19.8 Å². The molecule has 0 bridgehead atoms. The predicted octanol–water partition coefficient (Wildman–Crippen LogP) is 1.65. The second-order valence-corrected chi connectivity index (χ2v) is 4.11. The summed E-state index contributed by atoms with van der Waals surface area (Å²) in [4.78, 5) is 0. The molecule has 1 aliphatic rings. The zero-order chi connectivity index (χ0) is 10.0. The van der Waals surface area contributed by atoms with Gasteiger partial charge >= 0.3 is 0 Å². The number of benzene rings is 1. The minimum Gasteiger partial charge on any atom is -0.396 e. The number of ether oxygens (including phenoxy) is 1. The quantitative estimate of drug-likeness (QED) is 0.789. The molecule has 0 saturated carbocycles. The van der Waals surface area contributed by atoms with Crippen molar-refractivity contribution >= 4 is 0 Å². The molecule has 76 valence electrons. The van der Waals surface area contributed by atoms with Crippen LogP contribution in [-0.4, -0.2) is 24.9 Å². The van der Waals surface area contributed by atoms with E-state index in [-0.39, 0.29) is 12.0 Å². The molecule has 2 nitrogen and oxygen atoms in total. The van der Waals surface area contributed by atoms with Crippen molar-refractivity contribution in [3.8, 4) is 0 Å². The van der Waals surface area contributed by atoms with Crippen LogP contribution in [0.4, 0.5) is 0 Å². The average Bonchev–Trinajstić information content (AvgIpc) is 2.13. The lowest BCUT2D eigenvalue weighted by atomic mass is 9.76. The van der Waals surface area contributed by atoms with Crippen LogP contribution in [0.3, 0.4) is 0 Å². The first kappa shape index (κ1) is 9.69. The topological polar surface area (TPSA) is 29.5 Å². The standard InChI is InChI=1S/C12H16O2/c1-10-2-4-11(5-3-10)12(6-7-13)8-14-9-12/h2-5,13H,6-9H2,1H3. The molecule has 0 radical (unpaired) electrons. The first-order valence-electron chi connectivity index (χ1n) is 5.03. The molecule has 0 aromatic heterocycles. The van der Waals surface area contributed by atoms with Crippen LogP contribution in [0.2, 0.25) is 0 Å². The third kappa shape index (κ3) is 1.56. The molecule has 0 aliphatic carbocycles. The number of rotatable bonds is 3. The van der Waals surface area contributed by atoms with Gasteiger partial charge in [0.2, 0.25) is 0 Å². The molecule has 0 amide bonds. The fraction of sp³-hybridized carbons (Fsp3) is 0.500.